The number of benzene rings is 1. The van der Waals surface area contributed by atoms with Gasteiger partial charge in [-0.15, -0.1) is 0 Å². The Morgan fingerprint density at radius 1 is 1.24 bits per heavy atom. The molecule has 0 saturated carbocycles. The Morgan fingerprint density at radius 3 is 2.56 bits per heavy atom. The van der Waals surface area contributed by atoms with E-state index in [2.05, 4.69) is 10.3 Å². The molecule has 1 amide bonds. The summed E-state index contributed by atoms with van der Waals surface area (Å²) in [5.74, 6) is 0.669. The van der Waals surface area contributed by atoms with Crippen LogP contribution in [-0.4, -0.2) is 30.8 Å². The molecule has 0 aliphatic carbocycles. The van der Waals surface area contributed by atoms with Crippen LogP contribution in [0.15, 0.2) is 36.5 Å². The Balaban J connectivity index is 1.98. The SMILES string of the molecule is Cc1ccc(C)c(Oc2ccc(CNC(=O)C(C)S(C)(=O)=O)cn2)c1. The molecule has 0 fully saturated rings. The molecular weight excluding hydrogens is 340 g/mol. The predicted octanol–water partition coefficient (Wildman–Crippen LogP) is 2.54. The highest BCUT2D eigenvalue weighted by atomic mass is 32.2. The molecule has 0 saturated heterocycles. The second kappa shape index (κ2) is 7.65. The summed E-state index contributed by atoms with van der Waals surface area (Å²) in [5.41, 5.74) is 2.86. The molecule has 1 atom stereocenters. The molecule has 1 heterocycles. The molecular formula is C18H22N2O4S. The summed E-state index contributed by atoms with van der Waals surface area (Å²) in [4.78, 5) is 16.0. The summed E-state index contributed by atoms with van der Waals surface area (Å²) < 4.78 is 28.5. The lowest BCUT2D eigenvalue weighted by Gasteiger charge is -2.11. The summed E-state index contributed by atoms with van der Waals surface area (Å²) >= 11 is 0. The minimum Gasteiger partial charge on any atom is -0.439 e. The van der Waals surface area contributed by atoms with E-state index in [9.17, 15) is 13.2 Å². The predicted molar refractivity (Wildman–Crippen MR) is 96.4 cm³/mol. The number of carbonyl (C=O) groups excluding carboxylic acids is 1. The second-order valence-electron chi connectivity index (χ2n) is 6.07. The highest BCUT2D eigenvalue weighted by molar-refractivity contribution is 7.92. The number of nitrogens with one attached hydrogen (secondary N) is 1. The number of sulfone groups is 1. The number of amides is 1. The van der Waals surface area contributed by atoms with Crippen LogP contribution in [0.3, 0.4) is 0 Å². The quantitative estimate of drug-likeness (QED) is 0.853. The molecule has 1 N–H and O–H groups in total. The molecule has 6 nitrogen and oxygen atoms in total. The third-order valence-electron chi connectivity index (χ3n) is 3.83. The van der Waals surface area contributed by atoms with Crippen molar-refractivity contribution in [2.75, 3.05) is 6.26 Å². The summed E-state index contributed by atoms with van der Waals surface area (Å²) in [7, 11) is -3.40. The van der Waals surface area contributed by atoms with Gasteiger partial charge in [0.1, 0.15) is 11.0 Å². The third kappa shape index (κ3) is 5.29. The van der Waals surface area contributed by atoms with Gasteiger partial charge in [0, 0.05) is 25.1 Å². The van der Waals surface area contributed by atoms with Crippen molar-refractivity contribution in [2.24, 2.45) is 0 Å². The Bertz CT molecular complexity index is 861. The van der Waals surface area contributed by atoms with Crippen molar-refractivity contribution >= 4 is 15.7 Å². The third-order valence-corrected chi connectivity index (χ3v) is 5.33. The zero-order valence-corrected chi connectivity index (χ0v) is 15.6. The van der Waals surface area contributed by atoms with Crippen LogP contribution >= 0.6 is 0 Å². The lowest BCUT2D eigenvalue weighted by atomic mass is 10.1. The topological polar surface area (TPSA) is 85.4 Å². The van der Waals surface area contributed by atoms with Gasteiger partial charge in [0.25, 0.3) is 0 Å². The van der Waals surface area contributed by atoms with E-state index < -0.39 is 21.0 Å². The van der Waals surface area contributed by atoms with Crippen LogP contribution in [0.25, 0.3) is 0 Å². The first kappa shape index (κ1) is 18.9. The number of aryl methyl sites for hydroxylation is 2. The lowest BCUT2D eigenvalue weighted by molar-refractivity contribution is -0.120. The lowest BCUT2D eigenvalue weighted by Crippen LogP contribution is -2.37. The number of carbonyl (C=O) groups is 1. The molecule has 1 aromatic heterocycles. The molecule has 0 aliphatic heterocycles. The van der Waals surface area contributed by atoms with Crippen LogP contribution in [0.5, 0.6) is 11.6 Å². The van der Waals surface area contributed by atoms with Crippen LogP contribution in [0.4, 0.5) is 0 Å². The standard InChI is InChI=1S/C18H22N2O4S/c1-12-5-6-13(2)16(9-12)24-17-8-7-15(10-19-17)11-20-18(21)14(3)25(4,22)23/h5-10,14H,11H2,1-4H3,(H,20,21). The van der Waals surface area contributed by atoms with Crippen molar-refractivity contribution in [3.63, 3.8) is 0 Å². The van der Waals surface area contributed by atoms with Crippen LogP contribution in [0, 0.1) is 13.8 Å². The van der Waals surface area contributed by atoms with E-state index >= 15 is 0 Å². The van der Waals surface area contributed by atoms with Crippen LogP contribution in [0.1, 0.15) is 23.6 Å². The Kier molecular flexibility index (Phi) is 5.79. The maximum atomic E-state index is 11.8. The van der Waals surface area contributed by atoms with E-state index in [0.29, 0.717) is 5.88 Å². The maximum Gasteiger partial charge on any atom is 0.238 e. The van der Waals surface area contributed by atoms with Gasteiger partial charge in [-0.1, -0.05) is 18.2 Å². The van der Waals surface area contributed by atoms with Crippen molar-refractivity contribution in [1.29, 1.82) is 0 Å². The first-order chi connectivity index (χ1) is 11.7. The summed E-state index contributed by atoms with van der Waals surface area (Å²) in [6.07, 6.45) is 2.63. The normalized spacial score (nSPS) is 12.5. The van der Waals surface area contributed by atoms with Crippen molar-refractivity contribution in [2.45, 2.75) is 32.6 Å². The largest absolute Gasteiger partial charge is 0.439 e. The van der Waals surface area contributed by atoms with Crippen LogP contribution in [0.2, 0.25) is 0 Å². The minimum absolute atomic E-state index is 0.204. The molecule has 0 radical (unpaired) electrons. The zero-order valence-electron chi connectivity index (χ0n) is 14.7. The molecule has 25 heavy (non-hydrogen) atoms. The van der Waals surface area contributed by atoms with Crippen molar-refractivity contribution < 1.29 is 17.9 Å². The summed E-state index contributed by atoms with van der Waals surface area (Å²) in [6.45, 7) is 5.52. The maximum absolute atomic E-state index is 11.8. The molecule has 1 aromatic carbocycles. The molecule has 2 aromatic rings. The van der Waals surface area contributed by atoms with Crippen molar-refractivity contribution in [3.8, 4) is 11.6 Å². The highest BCUT2D eigenvalue weighted by Gasteiger charge is 2.22. The van der Waals surface area contributed by atoms with Crippen molar-refractivity contribution in [1.82, 2.24) is 10.3 Å². The van der Waals surface area contributed by atoms with Gasteiger partial charge in [0.2, 0.25) is 11.8 Å². The molecule has 7 heteroatoms. The van der Waals surface area contributed by atoms with E-state index in [-0.39, 0.29) is 6.54 Å². The Morgan fingerprint density at radius 2 is 1.96 bits per heavy atom. The van der Waals surface area contributed by atoms with Gasteiger partial charge >= 0.3 is 0 Å². The van der Waals surface area contributed by atoms with Crippen molar-refractivity contribution in [3.05, 3.63) is 53.2 Å². The number of hydrogen-bond acceptors (Lipinski definition) is 5. The molecule has 0 bridgehead atoms. The number of rotatable bonds is 6. The number of nitrogens with zero attached hydrogens (tertiary/aromatic N) is 1. The second-order valence-corrected chi connectivity index (χ2v) is 8.43. The summed E-state index contributed by atoms with van der Waals surface area (Å²) in [5, 5.41) is 1.52. The fourth-order valence-electron chi connectivity index (χ4n) is 2.03. The van der Waals surface area contributed by atoms with E-state index in [4.69, 9.17) is 4.74 Å². The van der Waals surface area contributed by atoms with E-state index in [1.165, 1.54) is 6.92 Å². The van der Waals surface area contributed by atoms with Crippen LogP contribution in [-0.2, 0) is 21.2 Å². The molecule has 2 rings (SSSR count). The molecule has 0 aliphatic rings. The minimum atomic E-state index is -3.40. The van der Waals surface area contributed by atoms with E-state index in [1.54, 1.807) is 18.3 Å². The molecule has 134 valence electrons. The first-order valence-electron chi connectivity index (χ1n) is 7.83. The number of pyridine rings is 1. The Hall–Kier alpha value is -2.41. The monoisotopic (exact) mass is 362 g/mol. The number of hydrogen-bond donors (Lipinski definition) is 1. The fraction of sp³-hybridized carbons (Fsp3) is 0.333. The van der Waals surface area contributed by atoms with Gasteiger partial charge in [0.15, 0.2) is 9.84 Å². The molecule has 1 unspecified atom stereocenters. The van der Waals surface area contributed by atoms with Gasteiger partial charge in [-0.05, 0) is 43.5 Å². The van der Waals surface area contributed by atoms with Gasteiger partial charge < -0.3 is 10.1 Å². The average molecular weight is 362 g/mol. The van der Waals surface area contributed by atoms with Gasteiger partial charge in [-0.25, -0.2) is 13.4 Å². The summed E-state index contributed by atoms with van der Waals surface area (Å²) in [6, 6.07) is 9.43. The highest BCUT2D eigenvalue weighted by Crippen LogP contribution is 2.24. The van der Waals surface area contributed by atoms with E-state index in [0.717, 1.165) is 28.7 Å². The average Bonchev–Trinajstić information content (AvgIpc) is 2.55. The van der Waals surface area contributed by atoms with E-state index in [1.807, 2.05) is 32.0 Å². The Labute approximate surface area is 148 Å². The fourth-order valence-corrected chi connectivity index (χ4v) is 2.51. The van der Waals surface area contributed by atoms with Gasteiger partial charge in [0.05, 0.1) is 0 Å². The van der Waals surface area contributed by atoms with Gasteiger partial charge in [-0.2, -0.15) is 0 Å². The van der Waals surface area contributed by atoms with Gasteiger partial charge in [-0.3, -0.25) is 4.79 Å². The molecule has 0 spiro atoms. The first-order valence-corrected chi connectivity index (χ1v) is 9.79. The number of ether oxygens (including phenoxy) is 1. The number of aromatic nitrogens is 1. The van der Waals surface area contributed by atoms with Crippen LogP contribution < -0.4 is 10.1 Å². The smallest absolute Gasteiger partial charge is 0.238 e. The zero-order chi connectivity index (χ0) is 18.6.